The molecule has 2 fully saturated rings. The summed E-state index contributed by atoms with van der Waals surface area (Å²) in [5, 5.41) is 0. The van der Waals surface area contributed by atoms with Crippen LogP contribution in [0.5, 0.6) is 0 Å². The van der Waals surface area contributed by atoms with Gasteiger partial charge in [-0.1, -0.05) is 12.1 Å². The Morgan fingerprint density at radius 1 is 0.971 bits per heavy atom. The molecule has 3 aliphatic rings. The molecule has 3 heterocycles. The second kappa shape index (κ2) is 8.82. The molecule has 34 heavy (non-hydrogen) atoms. The number of amides is 2. The molecule has 0 spiro atoms. The molecule has 2 saturated heterocycles. The predicted molar refractivity (Wildman–Crippen MR) is 131 cm³/mol. The molecule has 0 radical (unpaired) electrons. The molecule has 0 saturated carbocycles. The third kappa shape index (κ3) is 3.92. The van der Waals surface area contributed by atoms with Crippen LogP contribution in [0.3, 0.4) is 0 Å². The molecule has 0 bridgehead atoms. The van der Waals surface area contributed by atoms with Gasteiger partial charge in [0, 0.05) is 44.0 Å². The highest BCUT2D eigenvalue weighted by Crippen LogP contribution is 2.35. The number of hydrogen-bond donors (Lipinski definition) is 0. The highest BCUT2D eigenvalue weighted by Gasteiger charge is 2.39. The molecule has 2 aromatic rings. The number of benzene rings is 2. The Labute approximate surface area is 201 Å². The number of fused-ring (bicyclic) bond motifs is 1. The zero-order chi connectivity index (χ0) is 24.0. The first kappa shape index (κ1) is 23.1. The molecule has 5 rings (SSSR count). The van der Waals surface area contributed by atoms with Gasteiger partial charge in [-0.3, -0.25) is 9.59 Å². The smallest absolute Gasteiger partial charge is 0.243 e. The minimum absolute atomic E-state index is 0.0312. The number of hydrogen-bond acceptors (Lipinski definition) is 4. The summed E-state index contributed by atoms with van der Waals surface area (Å²) in [6.45, 7) is 6.10. The first-order valence-corrected chi connectivity index (χ1v) is 13.5. The lowest BCUT2D eigenvalue weighted by molar-refractivity contribution is -0.124. The number of rotatable bonds is 4. The Hall–Kier alpha value is -2.71. The van der Waals surface area contributed by atoms with E-state index in [4.69, 9.17) is 0 Å². The summed E-state index contributed by atoms with van der Waals surface area (Å²) in [6, 6.07) is 11.0. The third-order valence-corrected chi connectivity index (χ3v) is 9.37. The molecule has 0 aliphatic carbocycles. The molecule has 0 unspecified atom stereocenters. The van der Waals surface area contributed by atoms with Crippen LogP contribution in [0.1, 0.15) is 42.4 Å². The van der Waals surface area contributed by atoms with Crippen molar-refractivity contribution >= 4 is 33.2 Å². The second-order valence-corrected chi connectivity index (χ2v) is 11.6. The van der Waals surface area contributed by atoms with Crippen molar-refractivity contribution < 1.29 is 18.0 Å². The van der Waals surface area contributed by atoms with E-state index in [0.29, 0.717) is 31.1 Å². The maximum atomic E-state index is 13.5. The Balaban J connectivity index is 1.38. The average molecular weight is 482 g/mol. The normalized spacial score (nSPS) is 21.2. The van der Waals surface area contributed by atoms with E-state index in [1.54, 1.807) is 32.3 Å². The number of aryl methyl sites for hydroxylation is 2. The highest BCUT2D eigenvalue weighted by molar-refractivity contribution is 7.89. The quantitative estimate of drug-likeness (QED) is 0.671. The standard InChI is InChI=1S/C26H31N3O4S/c1-18-7-5-9-23(19(18)2)29-17-21(16-25(29)30)26(31)28-14-6-8-20-15-22(10-11-24(20)28)34(32,33)27-12-3-4-13-27/h5,7,9-11,15,21H,3-4,6,8,12-14,16-17H2,1-2H3/t21-/m0/s1. The van der Waals surface area contributed by atoms with Crippen LogP contribution in [-0.2, 0) is 26.0 Å². The van der Waals surface area contributed by atoms with Crippen LogP contribution in [0, 0.1) is 19.8 Å². The minimum Gasteiger partial charge on any atom is -0.312 e. The van der Waals surface area contributed by atoms with Crippen molar-refractivity contribution in [1.82, 2.24) is 4.31 Å². The van der Waals surface area contributed by atoms with Crippen molar-refractivity contribution in [3.8, 4) is 0 Å². The molecular weight excluding hydrogens is 450 g/mol. The van der Waals surface area contributed by atoms with Gasteiger partial charge in [0.05, 0.1) is 10.8 Å². The highest BCUT2D eigenvalue weighted by atomic mass is 32.2. The van der Waals surface area contributed by atoms with E-state index in [1.165, 1.54) is 0 Å². The summed E-state index contributed by atoms with van der Waals surface area (Å²) >= 11 is 0. The van der Waals surface area contributed by atoms with E-state index < -0.39 is 15.9 Å². The van der Waals surface area contributed by atoms with E-state index in [-0.39, 0.29) is 18.2 Å². The number of nitrogens with zero attached hydrogens (tertiary/aromatic N) is 3. The third-order valence-electron chi connectivity index (χ3n) is 7.48. The fraction of sp³-hybridized carbons (Fsp3) is 0.462. The zero-order valence-electron chi connectivity index (χ0n) is 19.8. The lowest BCUT2D eigenvalue weighted by Crippen LogP contribution is -2.40. The molecule has 1 atom stereocenters. The summed E-state index contributed by atoms with van der Waals surface area (Å²) in [5.41, 5.74) is 4.70. The van der Waals surface area contributed by atoms with Crippen LogP contribution >= 0.6 is 0 Å². The van der Waals surface area contributed by atoms with Gasteiger partial charge in [-0.15, -0.1) is 0 Å². The monoisotopic (exact) mass is 481 g/mol. The fourth-order valence-corrected chi connectivity index (χ4v) is 6.96. The molecule has 0 aromatic heterocycles. The largest absolute Gasteiger partial charge is 0.312 e. The van der Waals surface area contributed by atoms with E-state index in [1.807, 2.05) is 32.0 Å². The topological polar surface area (TPSA) is 78.0 Å². The fourth-order valence-electron chi connectivity index (χ4n) is 5.39. The van der Waals surface area contributed by atoms with Gasteiger partial charge in [-0.2, -0.15) is 4.31 Å². The van der Waals surface area contributed by atoms with Gasteiger partial charge in [-0.25, -0.2) is 8.42 Å². The van der Waals surface area contributed by atoms with Crippen molar-refractivity contribution in [1.29, 1.82) is 0 Å². The van der Waals surface area contributed by atoms with Crippen molar-refractivity contribution in [2.75, 3.05) is 36.0 Å². The molecule has 2 aromatic carbocycles. The Morgan fingerprint density at radius 3 is 2.50 bits per heavy atom. The molecular formula is C26H31N3O4S. The van der Waals surface area contributed by atoms with E-state index in [0.717, 1.165) is 53.7 Å². The summed E-state index contributed by atoms with van der Waals surface area (Å²) in [4.78, 5) is 30.2. The molecule has 8 heteroatoms. The van der Waals surface area contributed by atoms with E-state index >= 15 is 0 Å². The molecule has 3 aliphatic heterocycles. The lowest BCUT2D eigenvalue weighted by Gasteiger charge is -2.32. The van der Waals surface area contributed by atoms with Crippen molar-refractivity contribution in [3.63, 3.8) is 0 Å². The van der Waals surface area contributed by atoms with E-state index in [9.17, 15) is 18.0 Å². The molecule has 2 amide bonds. The van der Waals surface area contributed by atoms with Gasteiger partial charge in [0.15, 0.2) is 0 Å². The summed E-state index contributed by atoms with van der Waals surface area (Å²) in [6.07, 6.45) is 3.49. The minimum atomic E-state index is -3.50. The van der Waals surface area contributed by atoms with E-state index in [2.05, 4.69) is 0 Å². The van der Waals surface area contributed by atoms with Crippen molar-refractivity contribution in [2.45, 2.75) is 50.8 Å². The van der Waals surface area contributed by atoms with Gasteiger partial charge in [0.1, 0.15) is 0 Å². The van der Waals surface area contributed by atoms with Crippen LogP contribution < -0.4 is 9.80 Å². The first-order chi connectivity index (χ1) is 16.3. The summed E-state index contributed by atoms with van der Waals surface area (Å²) < 4.78 is 27.6. The van der Waals surface area contributed by atoms with Crippen LogP contribution in [0.25, 0.3) is 0 Å². The molecule has 0 N–H and O–H groups in total. The Kier molecular flexibility index (Phi) is 5.98. The number of anilines is 2. The molecule has 7 nitrogen and oxygen atoms in total. The van der Waals surface area contributed by atoms with Crippen LogP contribution in [0.4, 0.5) is 11.4 Å². The summed E-state index contributed by atoms with van der Waals surface area (Å²) in [5.74, 6) is -0.500. The molecule has 180 valence electrons. The van der Waals surface area contributed by atoms with Gasteiger partial charge >= 0.3 is 0 Å². The lowest BCUT2D eigenvalue weighted by atomic mass is 9.99. The maximum Gasteiger partial charge on any atom is 0.243 e. The van der Waals surface area contributed by atoms with Crippen molar-refractivity contribution in [2.24, 2.45) is 5.92 Å². The van der Waals surface area contributed by atoms with Crippen LogP contribution in [0.15, 0.2) is 41.3 Å². The number of carbonyl (C=O) groups is 2. The second-order valence-electron chi connectivity index (χ2n) is 9.62. The zero-order valence-corrected chi connectivity index (χ0v) is 20.6. The maximum absolute atomic E-state index is 13.5. The Morgan fingerprint density at radius 2 is 1.74 bits per heavy atom. The number of carbonyl (C=O) groups excluding carboxylic acids is 2. The summed E-state index contributed by atoms with van der Waals surface area (Å²) in [7, 11) is -3.50. The first-order valence-electron chi connectivity index (χ1n) is 12.1. The number of sulfonamides is 1. The van der Waals surface area contributed by atoms with Crippen LogP contribution in [-0.4, -0.2) is 50.7 Å². The Bertz CT molecular complexity index is 1250. The predicted octanol–water partition coefficient (Wildman–Crippen LogP) is 3.42. The SMILES string of the molecule is Cc1cccc(N2C[C@@H](C(=O)N3CCCc4cc(S(=O)(=O)N5CCCC5)ccc43)CC2=O)c1C. The average Bonchev–Trinajstić information content (AvgIpc) is 3.50. The van der Waals surface area contributed by atoms with Gasteiger partial charge in [0.25, 0.3) is 0 Å². The van der Waals surface area contributed by atoms with Gasteiger partial charge in [-0.05, 0) is 80.5 Å². The van der Waals surface area contributed by atoms with Crippen LogP contribution in [0.2, 0.25) is 0 Å². The van der Waals surface area contributed by atoms with Gasteiger partial charge < -0.3 is 9.80 Å². The van der Waals surface area contributed by atoms with Gasteiger partial charge in [0.2, 0.25) is 21.8 Å². The van der Waals surface area contributed by atoms with Crippen molar-refractivity contribution in [3.05, 3.63) is 53.1 Å².